The predicted octanol–water partition coefficient (Wildman–Crippen LogP) is 2.63. The van der Waals surface area contributed by atoms with Crippen LogP contribution in [0.3, 0.4) is 0 Å². The van der Waals surface area contributed by atoms with Gasteiger partial charge in [-0.25, -0.2) is 4.79 Å². The SMILES string of the molecule is CC(=O)N1CCC(Oc2ccc(NC(=O)N3Cc4ccncc4C3)cc2)C1. The molecule has 0 radical (unpaired) electrons. The number of aromatic nitrogens is 1. The van der Waals surface area contributed by atoms with Crippen LogP contribution in [-0.4, -0.2) is 45.9 Å². The standard InChI is InChI=1S/C20H22N4O3/c1-14(25)23-9-7-19(13-23)27-18-4-2-17(3-5-18)22-20(26)24-11-15-6-8-21-10-16(15)12-24/h2-6,8,10,19H,7,9,11-13H2,1H3,(H,22,26). The van der Waals surface area contributed by atoms with Gasteiger partial charge in [-0.2, -0.15) is 0 Å². The van der Waals surface area contributed by atoms with Crippen LogP contribution in [0.4, 0.5) is 10.5 Å². The van der Waals surface area contributed by atoms with Crippen LogP contribution < -0.4 is 10.1 Å². The van der Waals surface area contributed by atoms with Gasteiger partial charge in [-0.3, -0.25) is 9.78 Å². The van der Waals surface area contributed by atoms with Crippen molar-refractivity contribution in [3.8, 4) is 5.75 Å². The van der Waals surface area contributed by atoms with E-state index in [-0.39, 0.29) is 18.0 Å². The normalized spacial score (nSPS) is 18.3. The molecule has 2 aliphatic rings. The third kappa shape index (κ3) is 3.86. The summed E-state index contributed by atoms with van der Waals surface area (Å²) in [6.45, 7) is 4.11. The lowest BCUT2D eigenvalue weighted by Gasteiger charge is -2.17. The Morgan fingerprint density at radius 1 is 1.11 bits per heavy atom. The predicted molar refractivity (Wildman–Crippen MR) is 100 cm³/mol. The number of benzene rings is 1. The van der Waals surface area contributed by atoms with Gasteiger partial charge < -0.3 is 19.9 Å². The maximum Gasteiger partial charge on any atom is 0.322 e. The van der Waals surface area contributed by atoms with E-state index in [1.807, 2.05) is 36.5 Å². The van der Waals surface area contributed by atoms with Crippen molar-refractivity contribution in [1.82, 2.24) is 14.8 Å². The number of nitrogens with one attached hydrogen (secondary N) is 1. The first-order chi connectivity index (χ1) is 13.1. The summed E-state index contributed by atoms with van der Waals surface area (Å²) in [7, 11) is 0. The minimum Gasteiger partial charge on any atom is -0.489 e. The number of urea groups is 1. The highest BCUT2D eigenvalue weighted by molar-refractivity contribution is 5.89. The first-order valence-corrected chi connectivity index (χ1v) is 9.08. The molecule has 1 aromatic heterocycles. The van der Waals surface area contributed by atoms with Crippen molar-refractivity contribution in [1.29, 1.82) is 0 Å². The number of anilines is 1. The Labute approximate surface area is 157 Å². The zero-order valence-corrected chi connectivity index (χ0v) is 15.2. The quantitative estimate of drug-likeness (QED) is 0.906. The third-order valence-corrected chi connectivity index (χ3v) is 5.01. The second kappa shape index (κ2) is 7.26. The molecule has 0 saturated carbocycles. The fraction of sp³-hybridized carbons (Fsp3) is 0.350. The molecular weight excluding hydrogens is 344 g/mol. The van der Waals surface area contributed by atoms with E-state index >= 15 is 0 Å². The first-order valence-electron chi connectivity index (χ1n) is 9.08. The van der Waals surface area contributed by atoms with Crippen LogP contribution in [0.2, 0.25) is 0 Å². The molecule has 0 aliphatic carbocycles. The minimum absolute atomic E-state index is 0.0195. The molecule has 1 unspecified atom stereocenters. The fourth-order valence-electron chi connectivity index (χ4n) is 3.49. The Morgan fingerprint density at radius 2 is 1.89 bits per heavy atom. The molecule has 3 heterocycles. The van der Waals surface area contributed by atoms with E-state index in [9.17, 15) is 9.59 Å². The highest BCUT2D eigenvalue weighted by Gasteiger charge is 2.26. The Hall–Kier alpha value is -3.09. The number of ether oxygens (including phenoxy) is 1. The molecule has 1 atom stereocenters. The summed E-state index contributed by atoms with van der Waals surface area (Å²) in [5.41, 5.74) is 2.95. The average molecular weight is 366 g/mol. The maximum absolute atomic E-state index is 12.5. The highest BCUT2D eigenvalue weighted by Crippen LogP contribution is 2.24. The van der Waals surface area contributed by atoms with E-state index in [0.29, 0.717) is 19.6 Å². The van der Waals surface area contributed by atoms with Crippen molar-refractivity contribution in [2.75, 3.05) is 18.4 Å². The van der Waals surface area contributed by atoms with Gasteiger partial charge in [0.1, 0.15) is 11.9 Å². The van der Waals surface area contributed by atoms with E-state index in [0.717, 1.165) is 35.5 Å². The number of nitrogens with zero attached hydrogens (tertiary/aromatic N) is 3. The number of carbonyl (C=O) groups excluding carboxylic acids is 2. The largest absolute Gasteiger partial charge is 0.489 e. The molecule has 1 aromatic carbocycles. The second-order valence-corrected chi connectivity index (χ2v) is 6.95. The Balaban J connectivity index is 1.31. The molecule has 1 N–H and O–H groups in total. The van der Waals surface area contributed by atoms with Crippen LogP contribution in [0.1, 0.15) is 24.5 Å². The van der Waals surface area contributed by atoms with Gasteiger partial charge >= 0.3 is 6.03 Å². The third-order valence-electron chi connectivity index (χ3n) is 5.01. The number of likely N-dealkylation sites (tertiary alicyclic amines) is 1. The number of amides is 3. The average Bonchev–Trinajstić information content (AvgIpc) is 3.30. The number of carbonyl (C=O) groups is 2. The van der Waals surface area contributed by atoms with Gasteiger partial charge in [0.15, 0.2) is 0 Å². The number of hydrogen-bond acceptors (Lipinski definition) is 4. The highest BCUT2D eigenvalue weighted by atomic mass is 16.5. The van der Waals surface area contributed by atoms with Gasteiger partial charge in [-0.15, -0.1) is 0 Å². The molecule has 7 nitrogen and oxygen atoms in total. The molecule has 1 saturated heterocycles. The molecule has 27 heavy (non-hydrogen) atoms. The number of hydrogen-bond donors (Lipinski definition) is 1. The smallest absolute Gasteiger partial charge is 0.322 e. The molecule has 0 spiro atoms. The second-order valence-electron chi connectivity index (χ2n) is 6.95. The van der Waals surface area contributed by atoms with Crippen LogP contribution in [0, 0.1) is 0 Å². The van der Waals surface area contributed by atoms with Gasteiger partial charge in [0.25, 0.3) is 0 Å². The molecule has 0 bridgehead atoms. The van der Waals surface area contributed by atoms with E-state index < -0.39 is 0 Å². The summed E-state index contributed by atoms with van der Waals surface area (Å²) in [6, 6.07) is 9.16. The number of rotatable bonds is 3. The first kappa shape index (κ1) is 17.3. The summed E-state index contributed by atoms with van der Waals surface area (Å²) in [5, 5.41) is 2.92. The van der Waals surface area contributed by atoms with Crippen LogP contribution in [-0.2, 0) is 17.9 Å². The fourth-order valence-corrected chi connectivity index (χ4v) is 3.49. The van der Waals surface area contributed by atoms with Gasteiger partial charge in [0.2, 0.25) is 5.91 Å². The molecule has 4 rings (SSSR count). The van der Waals surface area contributed by atoms with Crippen molar-refractivity contribution < 1.29 is 14.3 Å². The van der Waals surface area contributed by atoms with E-state index in [1.54, 1.807) is 22.9 Å². The van der Waals surface area contributed by atoms with Crippen molar-refractivity contribution in [2.24, 2.45) is 0 Å². The van der Waals surface area contributed by atoms with Gasteiger partial charge in [0, 0.05) is 51.1 Å². The topological polar surface area (TPSA) is 74.8 Å². The van der Waals surface area contributed by atoms with Gasteiger partial charge in [-0.1, -0.05) is 0 Å². The number of pyridine rings is 1. The minimum atomic E-state index is -0.132. The maximum atomic E-state index is 12.5. The van der Waals surface area contributed by atoms with Gasteiger partial charge in [-0.05, 0) is 41.5 Å². The summed E-state index contributed by atoms with van der Waals surface area (Å²) in [6.07, 6.45) is 4.41. The lowest BCUT2D eigenvalue weighted by molar-refractivity contribution is -0.128. The van der Waals surface area contributed by atoms with Crippen LogP contribution in [0.15, 0.2) is 42.7 Å². The van der Waals surface area contributed by atoms with Crippen molar-refractivity contribution >= 4 is 17.6 Å². The lowest BCUT2D eigenvalue weighted by Crippen LogP contribution is -2.30. The van der Waals surface area contributed by atoms with E-state index in [4.69, 9.17) is 4.74 Å². The Bertz CT molecular complexity index is 828. The molecule has 2 aliphatic heterocycles. The zero-order chi connectivity index (χ0) is 18.8. The summed E-state index contributed by atoms with van der Waals surface area (Å²) >= 11 is 0. The molecule has 2 aromatic rings. The van der Waals surface area contributed by atoms with Crippen molar-refractivity contribution in [2.45, 2.75) is 32.5 Å². The monoisotopic (exact) mass is 366 g/mol. The molecule has 1 fully saturated rings. The lowest BCUT2D eigenvalue weighted by atomic mass is 10.2. The molecule has 3 amide bonds. The van der Waals surface area contributed by atoms with Crippen LogP contribution in [0.25, 0.3) is 0 Å². The molecule has 7 heteroatoms. The summed E-state index contributed by atoms with van der Waals surface area (Å²) < 4.78 is 5.93. The van der Waals surface area contributed by atoms with Crippen LogP contribution >= 0.6 is 0 Å². The van der Waals surface area contributed by atoms with Gasteiger partial charge in [0.05, 0.1) is 6.54 Å². The summed E-state index contributed by atoms with van der Waals surface area (Å²) in [5.74, 6) is 0.821. The molecule has 140 valence electrons. The van der Waals surface area contributed by atoms with Crippen molar-refractivity contribution in [3.63, 3.8) is 0 Å². The summed E-state index contributed by atoms with van der Waals surface area (Å²) in [4.78, 5) is 31.5. The van der Waals surface area contributed by atoms with E-state index in [2.05, 4.69) is 10.3 Å². The van der Waals surface area contributed by atoms with Crippen molar-refractivity contribution in [3.05, 3.63) is 53.9 Å². The van der Waals surface area contributed by atoms with Crippen LogP contribution in [0.5, 0.6) is 5.75 Å². The Morgan fingerprint density at radius 3 is 2.59 bits per heavy atom. The van der Waals surface area contributed by atoms with E-state index in [1.165, 1.54) is 0 Å². The number of fused-ring (bicyclic) bond motifs is 1. The zero-order valence-electron chi connectivity index (χ0n) is 15.2. The Kier molecular flexibility index (Phi) is 4.66. The molecular formula is C20H22N4O3.